The Labute approximate surface area is 112 Å². The highest BCUT2D eigenvalue weighted by Crippen LogP contribution is 2.33. The van der Waals surface area contributed by atoms with Gasteiger partial charge in [0.15, 0.2) is 29.0 Å². The molecule has 1 aromatic carbocycles. The Bertz CT molecular complexity index is 733. The maximum Gasteiger partial charge on any atom is 0.355 e. The molecule has 0 unspecified atom stereocenters. The van der Waals surface area contributed by atoms with Gasteiger partial charge >= 0.3 is 5.97 Å². The van der Waals surface area contributed by atoms with E-state index in [4.69, 9.17) is 5.11 Å². The van der Waals surface area contributed by atoms with Crippen LogP contribution in [0.15, 0.2) is 12.3 Å². The summed E-state index contributed by atoms with van der Waals surface area (Å²) >= 11 is 0. The standard InChI is InChI=1S/C12H3F6NO2/c13-3-1-4(11(12(20)21)19-2-3)5-6(14)8(16)10(18)9(17)7(5)15/h1-2H,(H,20,21). The van der Waals surface area contributed by atoms with Crippen LogP contribution in [0.5, 0.6) is 0 Å². The number of carboxylic acids is 1. The fourth-order valence-corrected chi connectivity index (χ4v) is 1.64. The summed E-state index contributed by atoms with van der Waals surface area (Å²) < 4.78 is 79.4. The maximum atomic E-state index is 13.6. The quantitative estimate of drug-likeness (QED) is 0.526. The Balaban J connectivity index is 2.92. The van der Waals surface area contributed by atoms with Crippen LogP contribution in [-0.4, -0.2) is 16.1 Å². The second-order valence-corrected chi connectivity index (χ2v) is 3.80. The van der Waals surface area contributed by atoms with Gasteiger partial charge in [-0.25, -0.2) is 36.1 Å². The van der Waals surface area contributed by atoms with Crippen molar-refractivity contribution in [2.45, 2.75) is 0 Å². The summed E-state index contributed by atoms with van der Waals surface area (Å²) in [6, 6.07) is 0.314. The molecule has 1 N–H and O–H groups in total. The molecule has 0 saturated carbocycles. The molecule has 3 nitrogen and oxygen atoms in total. The lowest BCUT2D eigenvalue weighted by molar-refractivity contribution is 0.0691. The van der Waals surface area contributed by atoms with Gasteiger partial charge in [0.1, 0.15) is 5.82 Å². The highest BCUT2D eigenvalue weighted by molar-refractivity contribution is 5.94. The Morgan fingerprint density at radius 1 is 0.905 bits per heavy atom. The zero-order chi connectivity index (χ0) is 15.9. The van der Waals surface area contributed by atoms with Gasteiger partial charge in [-0.05, 0) is 6.07 Å². The van der Waals surface area contributed by atoms with Gasteiger partial charge in [0, 0.05) is 5.56 Å². The SMILES string of the molecule is O=C(O)c1ncc(F)cc1-c1c(F)c(F)c(F)c(F)c1F. The van der Waals surface area contributed by atoms with E-state index in [1.54, 1.807) is 0 Å². The summed E-state index contributed by atoms with van der Waals surface area (Å²) in [6.45, 7) is 0. The van der Waals surface area contributed by atoms with Crippen molar-refractivity contribution in [1.29, 1.82) is 0 Å². The van der Waals surface area contributed by atoms with E-state index in [-0.39, 0.29) is 0 Å². The summed E-state index contributed by atoms with van der Waals surface area (Å²) in [5.74, 6) is -14.5. The average Bonchev–Trinajstić information content (AvgIpc) is 2.43. The Hall–Kier alpha value is -2.58. The lowest BCUT2D eigenvalue weighted by atomic mass is 10.0. The molecule has 0 fully saturated rings. The second kappa shape index (κ2) is 5.08. The summed E-state index contributed by atoms with van der Waals surface area (Å²) in [5.41, 5.74) is -3.68. The van der Waals surface area contributed by atoms with E-state index >= 15 is 0 Å². The first-order chi connectivity index (χ1) is 9.75. The summed E-state index contributed by atoms with van der Waals surface area (Å²) in [6.07, 6.45) is 0.430. The number of rotatable bonds is 2. The molecule has 0 aliphatic carbocycles. The molecule has 21 heavy (non-hydrogen) atoms. The predicted octanol–water partition coefficient (Wildman–Crippen LogP) is 3.28. The number of halogens is 6. The Morgan fingerprint density at radius 3 is 1.86 bits per heavy atom. The number of hydrogen-bond donors (Lipinski definition) is 1. The molecule has 0 atom stereocenters. The van der Waals surface area contributed by atoms with Crippen LogP contribution in [0.25, 0.3) is 11.1 Å². The Morgan fingerprint density at radius 2 is 1.38 bits per heavy atom. The highest BCUT2D eigenvalue weighted by Gasteiger charge is 2.29. The van der Waals surface area contributed by atoms with Crippen molar-refractivity contribution in [1.82, 2.24) is 4.98 Å². The van der Waals surface area contributed by atoms with Gasteiger partial charge in [0.05, 0.1) is 11.8 Å². The maximum absolute atomic E-state index is 13.6. The van der Waals surface area contributed by atoms with Crippen LogP contribution >= 0.6 is 0 Å². The van der Waals surface area contributed by atoms with Crippen LogP contribution in [0.3, 0.4) is 0 Å². The first-order valence-corrected chi connectivity index (χ1v) is 5.16. The smallest absolute Gasteiger partial charge is 0.355 e. The third-order valence-electron chi connectivity index (χ3n) is 2.54. The van der Waals surface area contributed by atoms with Gasteiger partial charge in [-0.15, -0.1) is 0 Å². The van der Waals surface area contributed by atoms with Crippen molar-refractivity contribution < 1.29 is 36.2 Å². The lowest BCUT2D eigenvalue weighted by Gasteiger charge is -2.10. The topological polar surface area (TPSA) is 50.2 Å². The molecule has 0 bridgehead atoms. The molecule has 1 heterocycles. The molecule has 0 spiro atoms. The van der Waals surface area contributed by atoms with Crippen LogP contribution < -0.4 is 0 Å². The molecule has 0 amide bonds. The minimum Gasteiger partial charge on any atom is -0.476 e. The summed E-state index contributed by atoms with van der Waals surface area (Å²) in [7, 11) is 0. The van der Waals surface area contributed by atoms with Crippen LogP contribution in [0.4, 0.5) is 26.3 Å². The van der Waals surface area contributed by atoms with E-state index < -0.39 is 57.7 Å². The zero-order valence-electron chi connectivity index (χ0n) is 9.73. The molecule has 110 valence electrons. The number of pyridine rings is 1. The van der Waals surface area contributed by atoms with Crippen LogP contribution in [0, 0.1) is 34.9 Å². The molecule has 0 saturated heterocycles. The number of carboxylic acid groups (broad SMARTS) is 1. The van der Waals surface area contributed by atoms with Crippen molar-refractivity contribution >= 4 is 5.97 Å². The van der Waals surface area contributed by atoms with Gasteiger partial charge < -0.3 is 5.11 Å². The number of hydrogen-bond acceptors (Lipinski definition) is 2. The predicted molar refractivity (Wildman–Crippen MR) is 56.4 cm³/mol. The normalized spacial score (nSPS) is 10.8. The fraction of sp³-hybridized carbons (Fsp3) is 0. The van der Waals surface area contributed by atoms with Crippen LogP contribution in [-0.2, 0) is 0 Å². The third-order valence-corrected chi connectivity index (χ3v) is 2.54. The van der Waals surface area contributed by atoms with E-state index in [0.29, 0.717) is 12.3 Å². The van der Waals surface area contributed by atoms with Crippen molar-refractivity contribution in [2.75, 3.05) is 0 Å². The van der Waals surface area contributed by atoms with E-state index in [9.17, 15) is 31.1 Å². The third kappa shape index (κ3) is 2.30. The van der Waals surface area contributed by atoms with Crippen LogP contribution in [0.1, 0.15) is 10.5 Å². The zero-order valence-corrected chi connectivity index (χ0v) is 9.73. The summed E-state index contributed by atoms with van der Waals surface area (Å²) in [5, 5.41) is 8.80. The van der Waals surface area contributed by atoms with Gasteiger partial charge in [0.2, 0.25) is 5.82 Å². The first kappa shape index (κ1) is 14.8. The van der Waals surface area contributed by atoms with E-state index in [1.807, 2.05) is 0 Å². The number of benzene rings is 1. The minimum absolute atomic E-state index is 0.314. The van der Waals surface area contributed by atoms with Crippen molar-refractivity contribution in [3.63, 3.8) is 0 Å². The largest absolute Gasteiger partial charge is 0.476 e. The minimum atomic E-state index is -2.41. The van der Waals surface area contributed by atoms with Gasteiger partial charge in [0.25, 0.3) is 0 Å². The van der Waals surface area contributed by atoms with Gasteiger partial charge in [-0.3, -0.25) is 0 Å². The molecular formula is C12H3F6NO2. The number of aromatic carboxylic acids is 1. The molecule has 0 radical (unpaired) electrons. The highest BCUT2D eigenvalue weighted by atomic mass is 19.2. The number of nitrogens with zero attached hydrogens (tertiary/aromatic N) is 1. The molecule has 0 aliphatic heterocycles. The lowest BCUT2D eigenvalue weighted by Crippen LogP contribution is -2.09. The molecular weight excluding hydrogens is 304 g/mol. The van der Waals surface area contributed by atoms with Crippen molar-refractivity contribution in [2.24, 2.45) is 0 Å². The molecule has 2 aromatic rings. The molecule has 0 aliphatic rings. The second-order valence-electron chi connectivity index (χ2n) is 3.80. The average molecular weight is 307 g/mol. The van der Waals surface area contributed by atoms with E-state index in [1.165, 1.54) is 0 Å². The van der Waals surface area contributed by atoms with E-state index in [2.05, 4.69) is 4.98 Å². The van der Waals surface area contributed by atoms with Gasteiger partial charge in [-0.1, -0.05) is 0 Å². The van der Waals surface area contributed by atoms with E-state index in [0.717, 1.165) is 0 Å². The Kier molecular flexibility index (Phi) is 3.58. The fourth-order valence-electron chi connectivity index (χ4n) is 1.64. The monoisotopic (exact) mass is 307 g/mol. The van der Waals surface area contributed by atoms with Crippen LogP contribution in [0.2, 0.25) is 0 Å². The number of aromatic nitrogens is 1. The van der Waals surface area contributed by atoms with Crippen molar-refractivity contribution in [3.05, 3.63) is 52.9 Å². The van der Waals surface area contributed by atoms with Gasteiger partial charge in [-0.2, -0.15) is 0 Å². The number of carbonyl (C=O) groups is 1. The molecule has 9 heteroatoms. The van der Waals surface area contributed by atoms with Crippen molar-refractivity contribution in [3.8, 4) is 11.1 Å². The molecule has 2 rings (SSSR count). The molecule has 1 aromatic heterocycles. The summed E-state index contributed by atoms with van der Waals surface area (Å²) in [4.78, 5) is 13.9. The first-order valence-electron chi connectivity index (χ1n) is 5.16.